The van der Waals surface area contributed by atoms with E-state index in [9.17, 15) is 4.79 Å². The van der Waals surface area contributed by atoms with Gasteiger partial charge < -0.3 is 10.5 Å². The lowest BCUT2D eigenvalue weighted by Crippen LogP contribution is -3.14. The monoisotopic (exact) mass is 233 g/mol. The molecule has 0 aromatic rings. The van der Waals surface area contributed by atoms with Crippen molar-refractivity contribution in [2.75, 3.05) is 0 Å². The van der Waals surface area contributed by atoms with Gasteiger partial charge in [0.2, 0.25) is 0 Å². The van der Waals surface area contributed by atoms with Crippen LogP contribution in [-0.2, 0) is 9.53 Å². The van der Waals surface area contributed by atoms with Crippen molar-refractivity contribution in [3.05, 3.63) is 0 Å². The molecule has 0 amide bonds. The first-order valence-corrected chi connectivity index (χ1v) is 6.84. The predicted octanol–water partition coefficient (Wildman–Crippen LogP) is 1.17. The third kappa shape index (κ3) is 0.577. The van der Waals surface area contributed by atoms with Crippen LogP contribution in [0.5, 0.6) is 0 Å². The van der Waals surface area contributed by atoms with Crippen LogP contribution in [0.4, 0.5) is 0 Å². The topological polar surface area (TPSA) is 52.3 Å². The molecule has 6 saturated carbocycles. The largest absolute Gasteiger partial charge is 0.460 e. The van der Waals surface area contributed by atoms with E-state index in [4.69, 9.17) is 10.5 Å². The van der Waals surface area contributed by atoms with E-state index in [2.05, 4.69) is 0 Å². The molecule has 0 aromatic carbocycles. The van der Waals surface area contributed by atoms with Crippen LogP contribution in [-0.4, -0.2) is 17.1 Å². The fourth-order valence-electron chi connectivity index (χ4n) is 6.82. The SMILES string of the molecule is CC(C)(C)OC(=O)CC12C3C4C1C1C2C3C41N. The van der Waals surface area contributed by atoms with Crippen LogP contribution < -0.4 is 5.73 Å². The van der Waals surface area contributed by atoms with Gasteiger partial charge in [0.15, 0.2) is 0 Å². The molecule has 0 radical (unpaired) electrons. The average molecular weight is 233 g/mol. The quantitative estimate of drug-likeness (QED) is 0.728. The van der Waals surface area contributed by atoms with Gasteiger partial charge in [0.25, 0.3) is 0 Å². The zero-order valence-electron chi connectivity index (χ0n) is 10.6. The molecular formula is C14H19NO2. The highest BCUT2D eigenvalue weighted by molar-refractivity contribution is 5.75. The summed E-state index contributed by atoms with van der Waals surface area (Å²) in [5.74, 6) is 4.82. The molecule has 0 unspecified atom stereocenters. The normalized spacial score (nSPS) is 66.6. The van der Waals surface area contributed by atoms with Gasteiger partial charge in [0.1, 0.15) is 5.60 Å². The van der Waals surface area contributed by atoms with Gasteiger partial charge in [0.05, 0.1) is 6.42 Å². The maximum atomic E-state index is 12.0. The summed E-state index contributed by atoms with van der Waals surface area (Å²) in [4.78, 5) is 12.0. The molecule has 3 heteroatoms. The summed E-state index contributed by atoms with van der Waals surface area (Å²) in [6.45, 7) is 5.83. The second kappa shape index (κ2) is 1.97. The number of esters is 1. The molecule has 6 fully saturated rings. The Morgan fingerprint density at radius 2 is 1.59 bits per heavy atom. The molecule has 92 valence electrons. The van der Waals surface area contributed by atoms with Crippen molar-refractivity contribution in [1.82, 2.24) is 0 Å². The number of hydrogen-bond acceptors (Lipinski definition) is 3. The molecule has 17 heavy (non-hydrogen) atoms. The van der Waals surface area contributed by atoms with E-state index in [0.29, 0.717) is 11.8 Å². The Labute approximate surface area is 101 Å². The Bertz CT molecular complexity index is 422. The summed E-state index contributed by atoms with van der Waals surface area (Å²) in [5.41, 5.74) is 6.65. The van der Waals surface area contributed by atoms with E-state index in [-0.39, 0.29) is 17.1 Å². The number of ether oxygens (including phenoxy) is 1. The Kier molecular flexibility index (Phi) is 1.08. The summed E-state index contributed by atoms with van der Waals surface area (Å²) in [6.07, 6.45) is 0.670. The fourth-order valence-corrected chi connectivity index (χ4v) is 6.82. The van der Waals surface area contributed by atoms with Gasteiger partial charge in [0, 0.05) is 5.54 Å². The lowest BCUT2D eigenvalue weighted by atomic mass is 8.94. The maximum absolute atomic E-state index is 12.0. The first kappa shape index (κ1) is 9.37. The molecule has 0 aliphatic heterocycles. The van der Waals surface area contributed by atoms with Gasteiger partial charge in [-0.25, -0.2) is 0 Å². The predicted molar refractivity (Wildman–Crippen MR) is 60.8 cm³/mol. The molecule has 0 aromatic heterocycles. The average Bonchev–Trinajstić information content (AvgIpc) is 2.20. The second-order valence-electron chi connectivity index (χ2n) is 8.03. The fraction of sp³-hybridized carbons (Fsp3) is 0.929. The van der Waals surface area contributed by atoms with Gasteiger partial charge in [-0.3, -0.25) is 4.79 Å². The van der Waals surface area contributed by atoms with Crippen molar-refractivity contribution in [3.8, 4) is 0 Å². The van der Waals surface area contributed by atoms with E-state index in [1.807, 2.05) is 20.8 Å². The van der Waals surface area contributed by atoms with E-state index in [0.717, 1.165) is 35.5 Å². The minimum Gasteiger partial charge on any atom is -0.460 e. The number of carbonyl (C=O) groups excluding carboxylic acids is 1. The van der Waals surface area contributed by atoms with Crippen LogP contribution in [0.1, 0.15) is 27.2 Å². The standard InChI is InChI=1S/C14H19NO2/c1-12(2,3)17-5(16)4-13-6-9-7(13)11-8(13)10(6)14(9,11)15/h6-11H,4,15H2,1-3H3. The summed E-state index contributed by atoms with van der Waals surface area (Å²) < 4.78 is 5.47. The molecule has 0 spiro atoms. The van der Waals surface area contributed by atoms with Crippen molar-refractivity contribution in [1.29, 1.82) is 0 Å². The van der Waals surface area contributed by atoms with Crippen LogP contribution in [0.2, 0.25) is 0 Å². The molecular weight excluding hydrogens is 214 g/mol. The third-order valence-corrected chi connectivity index (χ3v) is 6.79. The Morgan fingerprint density at radius 1 is 1.12 bits per heavy atom. The van der Waals surface area contributed by atoms with Crippen LogP contribution in [0, 0.1) is 40.9 Å². The Hall–Kier alpha value is -0.570. The van der Waals surface area contributed by atoms with E-state index in [1.54, 1.807) is 0 Å². The molecule has 3 nitrogen and oxygen atoms in total. The van der Waals surface area contributed by atoms with Crippen molar-refractivity contribution in [2.24, 2.45) is 46.7 Å². The number of hydrogen-bond donors (Lipinski definition) is 1. The lowest BCUT2D eigenvalue weighted by molar-refractivity contribution is -0.619. The highest BCUT2D eigenvalue weighted by atomic mass is 16.6. The maximum Gasteiger partial charge on any atom is 0.306 e. The summed E-state index contributed by atoms with van der Waals surface area (Å²) in [5, 5.41) is 0. The van der Waals surface area contributed by atoms with Gasteiger partial charge in [-0.1, -0.05) is 0 Å². The molecule has 0 atom stereocenters. The first-order valence-electron chi connectivity index (χ1n) is 6.84. The second-order valence-corrected chi connectivity index (χ2v) is 8.03. The number of nitrogens with two attached hydrogens (primary N) is 1. The van der Waals surface area contributed by atoms with Gasteiger partial charge in [-0.05, 0) is 61.7 Å². The Balaban J connectivity index is 1.34. The zero-order valence-corrected chi connectivity index (χ0v) is 10.6. The van der Waals surface area contributed by atoms with Crippen LogP contribution in [0.3, 0.4) is 0 Å². The highest BCUT2D eigenvalue weighted by Gasteiger charge is 3.08. The summed E-state index contributed by atoms with van der Waals surface area (Å²) in [7, 11) is 0. The van der Waals surface area contributed by atoms with Gasteiger partial charge in [-0.15, -0.1) is 0 Å². The molecule has 0 saturated heterocycles. The molecule has 6 aliphatic rings. The van der Waals surface area contributed by atoms with Crippen molar-refractivity contribution >= 4 is 5.97 Å². The van der Waals surface area contributed by atoms with Crippen LogP contribution >= 0.6 is 0 Å². The molecule has 6 rings (SSSR count). The zero-order chi connectivity index (χ0) is 12.0. The molecule has 0 bridgehead atoms. The smallest absolute Gasteiger partial charge is 0.306 e. The van der Waals surface area contributed by atoms with E-state index >= 15 is 0 Å². The van der Waals surface area contributed by atoms with Gasteiger partial charge in [-0.2, -0.15) is 0 Å². The van der Waals surface area contributed by atoms with E-state index < -0.39 is 0 Å². The Morgan fingerprint density at radius 3 is 2.00 bits per heavy atom. The lowest BCUT2D eigenvalue weighted by Gasteiger charge is -3.11. The highest BCUT2D eigenvalue weighted by Crippen LogP contribution is 3.07. The summed E-state index contributed by atoms with van der Waals surface area (Å²) >= 11 is 0. The number of rotatable bonds is 2. The van der Waals surface area contributed by atoms with E-state index in [1.165, 1.54) is 0 Å². The molecule has 6 aliphatic carbocycles. The molecule has 0 heterocycles. The van der Waals surface area contributed by atoms with Crippen LogP contribution in [0.25, 0.3) is 0 Å². The third-order valence-electron chi connectivity index (χ3n) is 6.79. The van der Waals surface area contributed by atoms with Crippen LogP contribution in [0.15, 0.2) is 0 Å². The first-order chi connectivity index (χ1) is 7.83. The molecule has 2 N–H and O–H groups in total. The van der Waals surface area contributed by atoms with Gasteiger partial charge >= 0.3 is 5.97 Å². The number of carbonyl (C=O) groups is 1. The summed E-state index contributed by atoms with van der Waals surface area (Å²) in [6, 6.07) is 0. The van der Waals surface area contributed by atoms with Crippen molar-refractivity contribution in [2.45, 2.75) is 38.3 Å². The van der Waals surface area contributed by atoms with Crippen molar-refractivity contribution < 1.29 is 9.53 Å². The minimum absolute atomic E-state index is 0.0132. The minimum atomic E-state index is -0.342. The van der Waals surface area contributed by atoms with Crippen molar-refractivity contribution in [3.63, 3.8) is 0 Å².